The smallest absolute Gasteiger partial charge is 0.256 e. The van der Waals surface area contributed by atoms with Crippen LogP contribution in [-0.4, -0.2) is 29.3 Å². The van der Waals surface area contributed by atoms with E-state index < -0.39 is 0 Å². The SMILES string of the molecule is CCCN1C(=O)c2ccccc2C1Nc1cccc(C(=O)NC(C)C)c1. The molecule has 0 spiro atoms. The number of carbonyl (C=O) groups is 2. The molecule has 1 aliphatic rings. The lowest BCUT2D eigenvalue weighted by Gasteiger charge is -2.27. The van der Waals surface area contributed by atoms with Crippen LogP contribution in [-0.2, 0) is 0 Å². The Labute approximate surface area is 154 Å². The van der Waals surface area contributed by atoms with Crippen LogP contribution in [0.4, 0.5) is 5.69 Å². The van der Waals surface area contributed by atoms with E-state index >= 15 is 0 Å². The van der Waals surface area contributed by atoms with Gasteiger partial charge in [-0.1, -0.05) is 31.2 Å². The molecular formula is C21H25N3O2. The number of hydrogen-bond donors (Lipinski definition) is 2. The first-order chi connectivity index (χ1) is 12.5. The Kier molecular flexibility index (Phi) is 5.26. The Morgan fingerprint density at radius 1 is 1.15 bits per heavy atom. The first kappa shape index (κ1) is 18.0. The lowest BCUT2D eigenvalue weighted by atomic mass is 10.1. The number of rotatable bonds is 6. The lowest BCUT2D eigenvalue weighted by Crippen LogP contribution is -2.33. The van der Waals surface area contributed by atoms with Crippen LogP contribution < -0.4 is 10.6 Å². The zero-order valence-electron chi connectivity index (χ0n) is 15.5. The number of carbonyl (C=O) groups excluding carboxylic acids is 2. The normalized spacial score (nSPS) is 15.9. The molecule has 2 aromatic carbocycles. The maximum Gasteiger partial charge on any atom is 0.256 e. The number of fused-ring (bicyclic) bond motifs is 1. The van der Waals surface area contributed by atoms with Gasteiger partial charge in [0.25, 0.3) is 11.8 Å². The number of anilines is 1. The van der Waals surface area contributed by atoms with Gasteiger partial charge in [-0.05, 0) is 44.5 Å². The second-order valence-electron chi connectivity index (χ2n) is 6.84. The summed E-state index contributed by atoms with van der Waals surface area (Å²) in [5, 5.41) is 6.34. The topological polar surface area (TPSA) is 61.4 Å². The van der Waals surface area contributed by atoms with E-state index in [0.717, 1.165) is 23.2 Å². The van der Waals surface area contributed by atoms with Crippen molar-refractivity contribution in [2.45, 2.75) is 39.4 Å². The maximum atomic E-state index is 12.7. The minimum absolute atomic E-state index is 0.0497. The van der Waals surface area contributed by atoms with Crippen LogP contribution in [0.5, 0.6) is 0 Å². The third-order valence-corrected chi connectivity index (χ3v) is 4.37. The van der Waals surface area contributed by atoms with Crippen LogP contribution in [0.15, 0.2) is 48.5 Å². The molecular weight excluding hydrogens is 326 g/mol. The Morgan fingerprint density at radius 2 is 1.92 bits per heavy atom. The third kappa shape index (κ3) is 3.57. The molecule has 1 unspecified atom stereocenters. The molecule has 2 aromatic rings. The molecule has 2 amide bonds. The number of nitrogens with one attached hydrogen (secondary N) is 2. The Bertz CT molecular complexity index is 816. The summed E-state index contributed by atoms with van der Waals surface area (Å²) in [7, 11) is 0. The first-order valence-corrected chi connectivity index (χ1v) is 9.08. The summed E-state index contributed by atoms with van der Waals surface area (Å²) in [4.78, 5) is 26.8. The van der Waals surface area contributed by atoms with E-state index in [-0.39, 0.29) is 24.0 Å². The van der Waals surface area contributed by atoms with Crippen molar-refractivity contribution in [3.05, 3.63) is 65.2 Å². The lowest BCUT2D eigenvalue weighted by molar-refractivity contribution is 0.0742. The van der Waals surface area contributed by atoms with Gasteiger partial charge < -0.3 is 15.5 Å². The highest BCUT2D eigenvalue weighted by Crippen LogP contribution is 2.34. The van der Waals surface area contributed by atoms with Crippen molar-refractivity contribution >= 4 is 17.5 Å². The first-order valence-electron chi connectivity index (χ1n) is 9.08. The van der Waals surface area contributed by atoms with Gasteiger partial charge in [0.15, 0.2) is 0 Å². The molecule has 5 nitrogen and oxygen atoms in total. The van der Waals surface area contributed by atoms with Gasteiger partial charge in [-0.2, -0.15) is 0 Å². The molecule has 136 valence electrons. The van der Waals surface area contributed by atoms with E-state index in [4.69, 9.17) is 0 Å². The summed E-state index contributed by atoms with van der Waals surface area (Å²) in [5.74, 6) is -0.0504. The van der Waals surface area contributed by atoms with Gasteiger partial charge in [0.2, 0.25) is 0 Å². The van der Waals surface area contributed by atoms with Crippen LogP contribution in [0.2, 0.25) is 0 Å². The van der Waals surface area contributed by atoms with Crippen LogP contribution in [0.25, 0.3) is 0 Å². The Morgan fingerprint density at radius 3 is 2.65 bits per heavy atom. The molecule has 0 fully saturated rings. The minimum atomic E-state index is -0.220. The average Bonchev–Trinajstić information content (AvgIpc) is 2.88. The monoisotopic (exact) mass is 351 g/mol. The van der Waals surface area contributed by atoms with E-state index in [1.54, 1.807) is 6.07 Å². The number of benzene rings is 2. The summed E-state index contributed by atoms with van der Waals surface area (Å²) < 4.78 is 0. The summed E-state index contributed by atoms with van der Waals surface area (Å²) in [6, 6.07) is 15.2. The van der Waals surface area contributed by atoms with E-state index in [0.29, 0.717) is 12.1 Å². The van der Waals surface area contributed by atoms with Gasteiger partial charge in [-0.3, -0.25) is 9.59 Å². The molecule has 3 rings (SSSR count). The molecule has 5 heteroatoms. The fourth-order valence-corrected chi connectivity index (χ4v) is 3.25. The van der Waals surface area contributed by atoms with Crippen molar-refractivity contribution < 1.29 is 9.59 Å². The van der Waals surface area contributed by atoms with Crippen LogP contribution >= 0.6 is 0 Å². The largest absolute Gasteiger partial charge is 0.361 e. The Hall–Kier alpha value is -2.82. The van der Waals surface area contributed by atoms with Crippen LogP contribution in [0, 0.1) is 0 Å². The van der Waals surface area contributed by atoms with Crippen molar-refractivity contribution in [2.75, 3.05) is 11.9 Å². The summed E-state index contributed by atoms with van der Waals surface area (Å²) in [5.41, 5.74) is 3.13. The van der Waals surface area contributed by atoms with Gasteiger partial charge in [0.05, 0.1) is 0 Å². The van der Waals surface area contributed by atoms with Gasteiger partial charge in [0, 0.05) is 35.0 Å². The fourth-order valence-electron chi connectivity index (χ4n) is 3.25. The van der Waals surface area contributed by atoms with Crippen molar-refractivity contribution in [3.63, 3.8) is 0 Å². The van der Waals surface area contributed by atoms with Crippen molar-refractivity contribution in [2.24, 2.45) is 0 Å². The highest BCUT2D eigenvalue weighted by Gasteiger charge is 2.35. The second-order valence-corrected chi connectivity index (χ2v) is 6.84. The number of amides is 2. The number of hydrogen-bond acceptors (Lipinski definition) is 3. The predicted octanol–water partition coefficient (Wildman–Crippen LogP) is 3.80. The molecule has 0 saturated carbocycles. The van der Waals surface area contributed by atoms with Gasteiger partial charge in [-0.15, -0.1) is 0 Å². The third-order valence-electron chi connectivity index (χ3n) is 4.37. The molecule has 26 heavy (non-hydrogen) atoms. The van der Waals surface area contributed by atoms with Gasteiger partial charge in [-0.25, -0.2) is 0 Å². The zero-order chi connectivity index (χ0) is 18.7. The fraction of sp³-hybridized carbons (Fsp3) is 0.333. The molecule has 1 atom stereocenters. The van der Waals surface area contributed by atoms with Crippen molar-refractivity contribution in [1.82, 2.24) is 10.2 Å². The standard InChI is InChI=1S/C21H25N3O2/c1-4-12-24-19(17-10-5-6-11-18(17)21(24)26)23-16-9-7-8-15(13-16)20(25)22-14(2)3/h5-11,13-14,19,23H,4,12H2,1-3H3,(H,22,25). The molecule has 0 radical (unpaired) electrons. The highest BCUT2D eigenvalue weighted by molar-refractivity contribution is 5.99. The van der Waals surface area contributed by atoms with Crippen molar-refractivity contribution in [1.29, 1.82) is 0 Å². The van der Waals surface area contributed by atoms with E-state index in [1.807, 2.05) is 61.2 Å². The quantitative estimate of drug-likeness (QED) is 0.832. The molecule has 1 aliphatic heterocycles. The van der Waals surface area contributed by atoms with Crippen molar-refractivity contribution in [3.8, 4) is 0 Å². The van der Waals surface area contributed by atoms with Crippen LogP contribution in [0.1, 0.15) is 59.6 Å². The molecule has 0 aliphatic carbocycles. The molecule has 0 bridgehead atoms. The predicted molar refractivity (Wildman–Crippen MR) is 103 cm³/mol. The molecule has 0 saturated heterocycles. The molecule has 0 aromatic heterocycles. The molecule has 2 N–H and O–H groups in total. The summed E-state index contributed by atoms with van der Waals surface area (Å²) in [6.45, 7) is 6.61. The van der Waals surface area contributed by atoms with E-state index in [2.05, 4.69) is 17.6 Å². The maximum absolute atomic E-state index is 12.7. The summed E-state index contributed by atoms with van der Waals surface area (Å²) >= 11 is 0. The van der Waals surface area contributed by atoms with Gasteiger partial charge >= 0.3 is 0 Å². The summed E-state index contributed by atoms with van der Waals surface area (Å²) in [6.07, 6.45) is 0.663. The van der Waals surface area contributed by atoms with E-state index in [1.165, 1.54) is 0 Å². The Balaban J connectivity index is 1.87. The average molecular weight is 351 g/mol. The second kappa shape index (κ2) is 7.60. The van der Waals surface area contributed by atoms with Gasteiger partial charge in [0.1, 0.15) is 6.17 Å². The zero-order valence-corrected chi connectivity index (χ0v) is 15.5. The van der Waals surface area contributed by atoms with Crippen LogP contribution in [0.3, 0.4) is 0 Å². The number of nitrogens with zero attached hydrogens (tertiary/aromatic N) is 1. The highest BCUT2D eigenvalue weighted by atomic mass is 16.2. The minimum Gasteiger partial charge on any atom is -0.361 e. The van der Waals surface area contributed by atoms with E-state index in [9.17, 15) is 9.59 Å². The molecule has 1 heterocycles.